The molecular formula is C21H33N2O2+. The van der Waals surface area contributed by atoms with Crippen LogP contribution in [0.4, 0.5) is 0 Å². The molecule has 2 atom stereocenters. The number of likely N-dealkylation sites (tertiary alicyclic amines) is 1. The predicted octanol–water partition coefficient (Wildman–Crippen LogP) is 2.75. The van der Waals surface area contributed by atoms with Gasteiger partial charge >= 0.3 is 0 Å². The third-order valence-electron chi connectivity index (χ3n) is 5.78. The number of hydrogen-bond donors (Lipinski definition) is 0. The number of amides is 1. The third kappa shape index (κ3) is 4.69. The van der Waals surface area contributed by atoms with E-state index < -0.39 is 0 Å². The van der Waals surface area contributed by atoms with Crippen LogP contribution >= 0.6 is 0 Å². The van der Waals surface area contributed by atoms with Crippen molar-refractivity contribution in [2.24, 2.45) is 5.92 Å². The molecule has 4 nitrogen and oxygen atoms in total. The van der Waals surface area contributed by atoms with Gasteiger partial charge in [-0.3, -0.25) is 9.59 Å². The molecule has 0 aromatic heterocycles. The molecule has 1 aromatic rings. The molecule has 138 valence electrons. The van der Waals surface area contributed by atoms with Crippen molar-refractivity contribution in [2.45, 2.75) is 40.0 Å². The number of carbonyl (C=O) groups is 2. The van der Waals surface area contributed by atoms with Crippen LogP contribution in [0.3, 0.4) is 0 Å². The lowest BCUT2D eigenvalue weighted by atomic mass is 9.92. The first kappa shape index (κ1) is 19.6. The van der Waals surface area contributed by atoms with E-state index in [-0.39, 0.29) is 17.6 Å². The maximum absolute atomic E-state index is 12.8. The number of quaternary nitrogens is 1. The van der Waals surface area contributed by atoms with Crippen molar-refractivity contribution < 1.29 is 14.1 Å². The van der Waals surface area contributed by atoms with Crippen molar-refractivity contribution in [3.05, 3.63) is 34.9 Å². The molecule has 25 heavy (non-hydrogen) atoms. The summed E-state index contributed by atoms with van der Waals surface area (Å²) < 4.78 is 0.758. The maximum atomic E-state index is 12.8. The lowest BCUT2D eigenvalue weighted by molar-refractivity contribution is -0.925. The highest BCUT2D eigenvalue weighted by Crippen LogP contribution is 2.25. The lowest BCUT2D eigenvalue weighted by Gasteiger charge is -2.43. The number of nitrogens with zero attached hydrogens (tertiary/aromatic N) is 2. The fourth-order valence-electron chi connectivity index (χ4n) is 4.19. The molecule has 1 aliphatic rings. The summed E-state index contributed by atoms with van der Waals surface area (Å²) in [6, 6.07) is 6.19. The first-order valence-corrected chi connectivity index (χ1v) is 9.41. The Morgan fingerprint density at radius 3 is 2.40 bits per heavy atom. The monoisotopic (exact) mass is 345 g/mol. The quantitative estimate of drug-likeness (QED) is 0.744. The second kappa shape index (κ2) is 8.13. The number of rotatable bonds is 6. The number of carbonyl (C=O) groups excluding carboxylic acids is 2. The minimum atomic E-state index is 0.0525. The normalized spacial score (nSPS) is 23.3. The van der Waals surface area contributed by atoms with E-state index in [0.717, 1.165) is 37.0 Å². The average molecular weight is 346 g/mol. The van der Waals surface area contributed by atoms with Gasteiger partial charge < -0.3 is 9.38 Å². The molecule has 1 fully saturated rings. The molecule has 0 saturated carbocycles. The number of Topliss-reactive ketones (excluding diaryl/α,β-unsaturated/α-hetero) is 1. The zero-order chi connectivity index (χ0) is 18.6. The number of hydrogen-bond acceptors (Lipinski definition) is 2. The predicted molar refractivity (Wildman–Crippen MR) is 101 cm³/mol. The Morgan fingerprint density at radius 1 is 1.20 bits per heavy atom. The van der Waals surface area contributed by atoms with Gasteiger partial charge in [-0.1, -0.05) is 18.2 Å². The molecule has 2 unspecified atom stereocenters. The summed E-state index contributed by atoms with van der Waals surface area (Å²) in [6.07, 6.45) is 2.47. The molecule has 1 aromatic carbocycles. The molecule has 0 aliphatic carbocycles. The number of likely N-dealkylation sites (N-methyl/N-ethyl adjacent to an activating group) is 1. The van der Waals surface area contributed by atoms with Gasteiger partial charge in [0.15, 0.2) is 5.78 Å². The summed E-state index contributed by atoms with van der Waals surface area (Å²) in [5.41, 5.74) is 3.55. The molecule has 2 rings (SSSR count). The highest BCUT2D eigenvalue weighted by Gasteiger charge is 2.38. The second-order valence-corrected chi connectivity index (χ2v) is 7.88. The zero-order valence-electron chi connectivity index (χ0n) is 16.5. The van der Waals surface area contributed by atoms with Crippen molar-refractivity contribution in [2.75, 3.05) is 40.3 Å². The van der Waals surface area contributed by atoms with Gasteiger partial charge in [-0.15, -0.1) is 0 Å². The first-order chi connectivity index (χ1) is 11.8. The van der Waals surface area contributed by atoms with Gasteiger partial charge in [-0.05, 0) is 50.3 Å². The van der Waals surface area contributed by atoms with Crippen LogP contribution in [0.5, 0.6) is 0 Å². The SMILES string of the molecule is CC[N+]1(CC(=O)Cc2c(C)cccc2C)CCCC(C(=O)N(C)C)C1. The largest absolute Gasteiger partial charge is 0.348 e. The Balaban J connectivity index is 2.10. The van der Waals surface area contributed by atoms with E-state index in [1.54, 1.807) is 4.90 Å². The molecule has 1 saturated heterocycles. The van der Waals surface area contributed by atoms with Crippen molar-refractivity contribution in [3.63, 3.8) is 0 Å². The first-order valence-electron chi connectivity index (χ1n) is 9.41. The van der Waals surface area contributed by atoms with Crippen molar-refractivity contribution >= 4 is 11.7 Å². The Morgan fingerprint density at radius 2 is 1.84 bits per heavy atom. The standard InChI is InChI=1S/C21H33N2O2/c1-6-23(12-8-11-18(14-23)21(25)22(4)5)15-19(24)13-20-16(2)9-7-10-17(20)3/h7,9-10,18H,6,8,11-15H2,1-5H3/q+1. The zero-order valence-corrected chi connectivity index (χ0v) is 16.5. The van der Waals surface area contributed by atoms with E-state index in [2.05, 4.69) is 32.9 Å². The van der Waals surface area contributed by atoms with Gasteiger partial charge in [0.05, 0.1) is 25.6 Å². The average Bonchev–Trinajstić information content (AvgIpc) is 2.57. The van der Waals surface area contributed by atoms with E-state index in [4.69, 9.17) is 0 Å². The highest BCUT2D eigenvalue weighted by atomic mass is 16.2. The van der Waals surface area contributed by atoms with Crippen molar-refractivity contribution in [1.29, 1.82) is 0 Å². The fourth-order valence-corrected chi connectivity index (χ4v) is 4.19. The summed E-state index contributed by atoms with van der Waals surface area (Å²) in [6.45, 7) is 9.56. The van der Waals surface area contributed by atoms with Crippen LogP contribution in [0.2, 0.25) is 0 Å². The smallest absolute Gasteiger partial charge is 0.230 e. The van der Waals surface area contributed by atoms with Crippen LogP contribution in [-0.4, -0.2) is 61.3 Å². The molecular weight excluding hydrogens is 312 g/mol. The Labute approximate surface area is 152 Å². The van der Waals surface area contributed by atoms with E-state index in [1.165, 1.54) is 16.7 Å². The number of piperidine rings is 1. The number of benzene rings is 1. The fraction of sp³-hybridized carbons (Fsp3) is 0.619. The molecule has 4 heteroatoms. The summed E-state index contributed by atoms with van der Waals surface area (Å²) in [7, 11) is 3.65. The van der Waals surface area contributed by atoms with Crippen LogP contribution < -0.4 is 0 Å². The topological polar surface area (TPSA) is 37.4 Å². The minimum absolute atomic E-state index is 0.0525. The molecule has 0 bridgehead atoms. The summed E-state index contributed by atoms with van der Waals surface area (Å²) in [4.78, 5) is 26.9. The summed E-state index contributed by atoms with van der Waals surface area (Å²) >= 11 is 0. The molecule has 1 heterocycles. The molecule has 0 radical (unpaired) electrons. The minimum Gasteiger partial charge on any atom is -0.348 e. The van der Waals surface area contributed by atoms with E-state index in [1.807, 2.05) is 20.2 Å². The highest BCUT2D eigenvalue weighted by molar-refractivity contribution is 5.83. The molecule has 1 aliphatic heterocycles. The van der Waals surface area contributed by atoms with Gasteiger partial charge in [0, 0.05) is 20.5 Å². The van der Waals surface area contributed by atoms with Gasteiger partial charge in [-0.2, -0.15) is 0 Å². The van der Waals surface area contributed by atoms with Crippen LogP contribution in [0.25, 0.3) is 0 Å². The Kier molecular flexibility index (Phi) is 6.39. The van der Waals surface area contributed by atoms with Crippen LogP contribution in [0, 0.1) is 19.8 Å². The van der Waals surface area contributed by atoms with E-state index in [0.29, 0.717) is 13.0 Å². The van der Waals surface area contributed by atoms with E-state index >= 15 is 0 Å². The Hall–Kier alpha value is -1.68. The van der Waals surface area contributed by atoms with Gasteiger partial charge in [0.25, 0.3) is 0 Å². The maximum Gasteiger partial charge on any atom is 0.230 e. The van der Waals surface area contributed by atoms with Crippen LogP contribution in [0.1, 0.15) is 36.5 Å². The molecule has 1 amide bonds. The number of aryl methyl sites for hydroxylation is 2. The molecule has 0 N–H and O–H groups in total. The van der Waals surface area contributed by atoms with Gasteiger partial charge in [-0.25, -0.2) is 0 Å². The van der Waals surface area contributed by atoms with Gasteiger partial charge in [0.1, 0.15) is 6.54 Å². The van der Waals surface area contributed by atoms with Crippen molar-refractivity contribution in [3.8, 4) is 0 Å². The van der Waals surface area contributed by atoms with E-state index in [9.17, 15) is 9.59 Å². The van der Waals surface area contributed by atoms with Gasteiger partial charge in [0.2, 0.25) is 5.91 Å². The molecule has 0 spiro atoms. The van der Waals surface area contributed by atoms with Crippen molar-refractivity contribution in [1.82, 2.24) is 4.90 Å². The third-order valence-corrected chi connectivity index (χ3v) is 5.78. The summed E-state index contributed by atoms with van der Waals surface area (Å²) in [5, 5.41) is 0. The lowest BCUT2D eigenvalue weighted by Crippen LogP contribution is -2.58. The number of ketones is 1. The second-order valence-electron chi connectivity index (χ2n) is 7.88. The summed E-state index contributed by atoms with van der Waals surface area (Å²) in [5.74, 6) is 0.548. The van der Waals surface area contributed by atoms with Crippen LogP contribution in [0.15, 0.2) is 18.2 Å². The van der Waals surface area contributed by atoms with Crippen LogP contribution in [-0.2, 0) is 16.0 Å². The Bertz CT molecular complexity index is 619.